The number of carbonyl (C=O) groups is 3. The van der Waals surface area contributed by atoms with Crippen molar-refractivity contribution in [1.82, 2.24) is 9.55 Å². The zero-order valence-electron chi connectivity index (χ0n) is 12.5. The van der Waals surface area contributed by atoms with E-state index >= 15 is 0 Å². The summed E-state index contributed by atoms with van der Waals surface area (Å²) in [4.78, 5) is 38.9. The fourth-order valence-corrected chi connectivity index (χ4v) is 1.54. The number of ether oxygens (including phenoxy) is 2. The molecule has 7 nitrogen and oxygen atoms in total. The van der Waals surface area contributed by atoms with Gasteiger partial charge in [-0.15, -0.1) is 0 Å². The van der Waals surface area contributed by atoms with E-state index in [1.54, 1.807) is 20.8 Å². The fourth-order valence-electron chi connectivity index (χ4n) is 1.54. The Morgan fingerprint density at radius 3 is 2.00 bits per heavy atom. The summed E-state index contributed by atoms with van der Waals surface area (Å²) in [5.41, 5.74) is -1.16. The molecule has 0 aliphatic carbocycles. The highest BCUT2D eigenvalue weighted by Gasteiger charge is 2.37. The van der Waals surface area contributed by atoms with E-state index in [1.165, 1.54) is 23.3 Å². The van der Waals surface area contributed by atoms with Gasteiger partial charge in [-0.05, 0) is 6.92 Å². The Morgan fingerprint density at radius 1 is 1.10 bits per heavy atom. The quantitative estimate of drug-likeness (QED) is 0.707. The highest BCUT2D eigenvalue weighted by Crippen LogP contribution is 2.21. The molecule has 0 radical (unpaired) electrons. The molecule has 0 spiro atoms. The smallest absolute Gasteiger partial charge is 0.305 e. The number of carbonyl (C=O) groups excluding carboxylic acids is 3. The zero-order valence-corrected chi connectivity index (χ0v) is 12.5. The molecule has 116 valence electrons. The molecule has 1 heterocycles. The van der Waals surface area contributed by atoms with Gasteiger partial charge in [0, 0.05) is 25.2 Å². The first-order valence-corrected chi connectivity index (χ1v) is 6.77. The van der Waals surface area contributed by atoms with Crippen molar-refractivity contribution in [3.8, 4) is 0 Å². The van der Waals surface area contributed by atoms with Crippen LogP contribution in [0, 0.1) is 5.41 Å². The molecular weight excluding hydrogens is 276 g/mol. The van der Waals surface area contributed by atoms with Crippen LogP contribution in [0.15, 0.2) is 18.7 Å². The Kier molecular flexibility index (Phi) is 6.08. The lowest BCUT2D eigenvalue weighted by molar-refractivity contribution is -0.151. The molecule has 0 aliphatic heterocycles. The topological polar surface area (TPSA) is 87.5 Å². The third-order valence-corrected chi connectivity index (χ3v) is 2.94. The van der Waals surface area contributed by atoms with Crippen molar-refractivity contribution in [3.05, 3.63) is 18.7 Å². The van der Waals surface area contributed by atoms with Crippen molar-refractivity contribution < 1.29 is 23.9 Å². The second kappa shape index (κ2) is 7.56. The molecule has 1 aromatic rings. The summed E-state index contributed by atoms with van der Waals surface area (Å²) in [5.74, 6) is -1.18. The summed E-state index contributed by atoms with van der Waals surface area (Å²) in [7, 11) is 0. The predicted molar refractivity (Wildman–Crippen MR) is 73.5 cm³/mol. The minimum Gasteiger partial charge on any atom is -0.464 e. The number of aromatic nitrogens is 2. The van der Waals surface area contributed by atoms with Gasteiger partial charge in [0.2, 0.25) is 5.91 Å². The molecule has 0 atom stereocenters. The first-order valence-electron chi connectivity index (χ1n) is 6.77. The zero-order chi connectivity index (χ0) is 15.9. The van der Waals surface area contributed by atoms with E-state index in [2.05, 4.69) is 4.98 Å². The molecule has 1 aromatic heterocycles. The number of rotatable bonds is 7. The average Bonchev–Trinajstić information content (AvgIpc) is 3.03. The van der Waals surface area contributed by atoms with E-state index in [-0.39, 0.29) is 32.0 Å². The predicted octanol–water partition coefficient (Wildman–Crippen LogP) is 1.44. The largest absolute Gasteiger partial charge is 0.464 e. The van der Waals surface area contributed by atoms with Crippen LogP contribution in [0.1, 0.15) is 38.4 Å². The number of hydrogen-bond acceptors (Lipinski definition) is 6. The highest BCUT2D eigenvalue weighted by molar-refractivity contribution is 5.85. The summed E-state index contributed by atoms with van der Waals surface area (Å²) < 4.78 is 11.4. The number of nitrogens with zero attached hydrogens (tertiary/aromatic N) is 2. The standard InChI is InChI=1S/C14H20N2O5/c1-4-11(17)20-8-14(3,9-21-12(18)5-2)13(19)16-7-6-15-10-16/h6-7,10H,4-5,8-9H2,1-3H3. The van der Waals surface area contributed by atoms with Gasteiger partial charge in [-0.25, -0.2) is 4.98 Å². The molecule has 0 saturated carbocycles. The third-order valence-electron chi connectivity index (χ3n) is 2.94. The van der Waals surface area contributed by atoms with E-state index < -0.39 is 17.4 Å². The van der Waals surface area contributed by atoms with Gasteiger partial charge in [0.15, 0.2) is 0 Å². The van der Waals surface area contributed by atoms with Gasteiger partial charge in [0.25, 0.3) is 0 Å². The Bertz CT molecular complexity index is 475. The van der Waals surface area contributed by atoms with Gasteiger partial charge in [0.1, 0.15) is 25.0 Å². The molecule has 0 aromatic carbocycles. The summed E-state index contributed by atoms with van der Waals surface area (Å²) >= 11 is 0. The Morgan fingerprint density at radius 2 is 1.62 bits per heavy atom. The van der Waals surface area contributed by atoms with Crippen LogP contribution in [0.4, 0.5) is 0 Å². The van der Waals surface area contributed by atoms with Gasteiger partial charge < -0.3 is 9.47 Å². The van der Waals surface area contributed by atoms with Crippen LogP contribution < -0.4 is 0 Å². The van der Waals surface area contributed by atoms with Crippen LogP contribution >= 0.6 is 0 Å². The summed E-state index contributed by atoms with van der Waals surface area (Å²) in [6.07, 6.45) is 4.73. The van der Waals surface area contributed by atoms with Gasteiger partial charge in [-0.1, -0.05) is 13.8 Å². The number of esters is 2. The first-order chi connectivity index (χ1) is 9.92. The van der Waals surface area contributed by atoms with Crippen molar-refractivity contribution in [1.29, 1.82) is 0 Å². The fraction of sp³-hybridized carbons (Fsp3) is 0.571. The maximum atomic E-state index is 12.5. The van der Waals surface area contributed by atoms with Crippen LogP contribution in [0.5, 0.6) is 0 Å². The lowest BCUT2D eigenvalue weighted by atomic mass is 9.91. The van der Waals surface area contributed by atoms with Crippen LogP contribution in [0.25, 0.3) is 0 Å². The molecule has 0 bridgehead atoms. The lowest BCUT2D eigenvalue weighted by Crippen LogP contribution is -2.41. The van der Waals surface area contributed by atoms with Crippen molar-refractivity contribution in [2.45, 2.75) is 33.6 Å². The van der Waals surface area contributed by atoms with E-state index in [4.69, 9.17) is 9.47 Å². The van der Waals surface area contributed by atoms with Crippen LogP contribution in [0.3, 0.4) is 0 Å². The average molecular weight is 296 g/mol. The van der Waals surface area contributed by atoms with E-state index in [0.717, 1.165) is 0 Å². The van der Waals surface area contributed by atoms with Gasteiger partial charge >= 0.3 is 11.9 Å². The maximum absolute atomic E-state index is 12.5. The second-order valence-electron chi connectivity index (χ2n) is 4.86. The molecule has 7 heteroatoms. The Labute approximate surface area is 123 Å². The second-order valence-corrected chi connectivity index (χ2v) is 4.86. The minimum absolute atomic E-state index is 0.159. The molecule has 0 N–H and O–H groups in total. The first kappa shape index (κ1) is 16.9. The molecule has 0 aliphatic rings. The van der Waals surface area contributed by atoms with Crippen molar-refractivity contribution >= 4 is 17.8 Å². The normalized spacial score (nSPS) is 11.0. The number of imidazole rings is 1. The lowest BCUT2D eigenvalue weighted by Gasteiger charge is -2.26. The molecule has 1 rings (SSSR count). The Hall–Kier alpha value is -2.18. The summed E-state index contributed by atoms with van der Waals surface area (Å²) in [6.45, 7) is 4.59. The molecule has 0 saturated heterocycles. The van der Waals surface area contributed by atoms with Crippen molar-refractivity contribution in [3.63, 3.8) is 0 Å². The monoisotopic (exact) mass is 296 g/mol. The third kappa shape index (κ3) is 4.70. The molecular formula is C14H20N2O5. The molecule has 0 amide bonds. The minimum atomic E-state index is -1.16. The maximum Gasteiger partial charge on any atom is 0.305 e. The van der Waals surface area contributed by atoms with Gasteiger partial charge in [-0.2, -0.15) is 0 Å². The van der Waals surface area contributed by atoms with E-state index in [9.17, 15) is 14.4 Å². The van der Waals surface area contributed by atoms with Crippen molar-refractivity contribution in [2.24, 2.45) is 5.41 Å². The van der Waals surface area contributed by atoms with Crippen LogP contribution in [0.2, 0.25) is 0 Å². The van der Waals surface area contributed by atoms with E-state index in [0.29, 0.717) is 0 Å². The van der Waals surface area contributed by atoms with Gasteiger partial charge in [-0.3, -0.25) is 19.0 Å². The van der Waals surface area contributed by atoms with Crippen LogP contribution in [-0.2, 0) is 19.1 Å². The Balaban J connectivity index is 2.84. The van der Waals surface area contributed by atoms with E-state index in [1.807, 2.05) is 0 Å². The van der Waals surface area contributed by atoms with Crippen LogP contribution in [-0.4, -0.2) is 40.6 Å². The van der Waals surface area contributed by atoms with Gasteiger partial charge in [0.05, 0.1) is 0 Å². The molecule has 21 heavy (non-hydrogen) atoms. The highest BCUT2D eigenvalue weighted by atomic mass is 16.5. The summed E-state index contributed by atoms with van der Waals surface area (Å²) in [6, 6.07) is 0. The molecule has 0 fully saturated rings. The van der Waals surface area contributed by atoms with Crippen molar-refractivity contribution in [2.75, 3.05) is 13.2 Å². The molecule has 0 unspecified atom stereocenters. The number of hydrogen-bond donors (Lipinski definition) is 0. The summed E-state index contributed by atoms with van der Waals surface area (Å²) in [5, 5.41) is 0. The SMILES string of the molecule is CCC(=O)OCC(C)(COC(=O)CC)C(=O)n1ccnc1.